The van der Waals surface area contributed by atoms with Gasteiger partial charge < -0.3 is 21.1 Å². The maximum absolute atomic E-state index is 12.3. The van der Waals surface area contributed by atoms with Crippen LogP contribution in [-0.4, -0.2) is 31.9 Å². The highest BCUT2D eigenvalue weighted by molar-refractivity contribution is 7.89. The van der Waals surface area contributed by atoms with E-state index in [1.807, 2.05) is 11.0 Å². The number of hydrogen-bond donors (Lipinski definition) is 4. The Labute approximate surface area is 188 Å². The van der Waals surface area contributed by atoms with Crippen LogP contribution in [0.1, 0.15) is 24.8 Å². The molecule has 1 aliphatic carbocycles. The predicted molar refractivity (Wildman–Crippen MR) is 127 cm³/mol. The molecule has 0 bridgehead atoms. The van der Waals surface area contributed by atoms with Gasteiger partial charge in [-0.2, -0.15) is 0 Å². The van der Waals surface area contributed by atoms with Gasteiger partial charge in [0.2, 0.25) is 10.0 Å². The van der Waals surface area contributed by atoms with Crippen molar-refractivity contribution < 1.29 is 13.5 Å². The summed E-state index contributed by atoms with van der Waals surface area (Å²) in [4.78, 5) is 6.86. The van der Waals surface area contributed by atoms with E-state index in [1.165, 1.54) is 6.20 Å². The van der Waals surface area contributed by atoms with Gasteiger partial charge in [0.25, 0.3) is 0 Å². The van der Waals surface area contributed by atoms with Crippen LogP contribution in [-0.2, 0) is 16.4 Å². The molecule has 1 aliphatic heterocycles. The summed E-state index contributed by atoms with van der Waals surface area (Å²) < 4.78 is 27.3. The summed E-state index contributed by atoms with van der Waals surface area (Å²) in [6, 6.07) is 11.8. The zero-order valence-electron chi connectivity index (χ0n) is 17.7. The smallest absolute Gasteiger partial charge is 0.240 e. The van der Waals surface area contributed by atoms with Crippen molar-refractivity contribution >= 4 is 27.2 Å². The van der Waals surface area contributed by atoms with E-state index in [0.29, 0.717) is 17.3 Å². The largest absolute Gasteiger partial charge is 0.508 e. The van der Waals surface area contributed by atoms with Crippen LogP contribution in [0.2, 0.25) is 0 Å². The Kier molecular flexibility index (Phi) is 6.20. The van der Waals surface area contributed by atoms with E-state index in [9.17, 15) is 13.5 Å². The lowest BCUT2D eigenvalue weighted by molar-refractivity contribution is 0.474. The molecule has 0 aromatic heterocycles. The lowest BCUT2D eigenvalue weighted by Crippen LogP contribution is -2.34. The second kappa shape index (κ2) is 9.05. The topological polar surface area (TPSA) is 120 Å². The fraction of sp³-hybridized carbons (Fsp3) is 0.261. The number of nitrogens with two attached hydrogens (primary N) is 1. The third kappa shape index (κ3) is 5.12. The minimum Gasteiger partial charge on any atom is -0.508 e. The van der Waals surface area contributed by atoms with Crippen LogP contribution < -0.4 is 20.7 Å². The van der Waals surface area contributed by atoms with E-state index in [1.54, 1.807) is 42.5 Å². The molecule has 1 fully saturated rings. The molecule has 0 amide bonds. The lowest BCUT2D eigenvalue weighted by Gasteiger charge is -2.31. The third-order valence-corrected chi connectivity index (χ3v) is 6.84. The van der Waals surface area contributed by atoms with Crippen LogP contribution in [0.3, 0.4) is 0 Å². The number of amidine groups is 1. The first-order valence-electron chi connectivity index (χ1n) is 10.5. The maximum atomic E-state index is 12.3. The van der Waals surface area contributed by atoms with Gasteiger partial charge >= 0.3 is 0 Å². The Morgan fingerprint density at radius 3 is 2.66 bits per heavy atom. The Morgan fingerprint density at radius 2 is 1.97 bits per heavy atom. The number of anilines is 2. The fourth-order valence-corrected chi connectivity index (χ4v) is 4.94. The van der Waals surface area contributed by atoms with E-state index < -0.39 is 10.0 Å². The average molecular weight is 454 g/mol. The van der Waals surface area contributed by atoms with Crippen molar-refractivity contribution in [3.8, 4) is 5.75 Å². The van der Waals surface area contributed by atoms with E-state index in [0.717, 1.165) is 43.5 Å². The Balaban J connectivity index is 1.50. The number of aromatic hydroxyl groups is 1. The first-order chi connectivity index (χ1) is 15.4. The van der Waals surface area contributed by atoms with Gasteiger partial charge in [-0.15, -0.1) is 0 Å². The molecule has 5 N–H and O–H groups in total. The summed E-state index contributed by atoms with van der Waals surface area (Å²) in [7, 11) is -3.49. The standard InChI is InChI=1S/C23H27N5O3S/c1-16(25-18-6-9-21(10-7-18)32(30,31)27-19-4-5-19)26-23(12-13-24)28-14-2-3-17-15-20(29)8-11-22(17)28/h6-13,15,19,25,27,29H,1-5,14,24H2/b13-12-,26-23?. The Morgan fingerprint density at radius 1 is 1.22 bits per heavy atom. The number of rotatable bonds is 7. The van der Waals surface area contributed by atoms with Gasteiger partial charge in [0, 0.05) is 24.0 Å². The predicted octanol–water partition coefficient (Wildman–Crippen LogP) is 3.04. The molecule has 0 saturated heterocycles. The monoisotopic (exact) mass is 453 g/mol. The van der Waals surface area contributed by atoms with E-state index in [-0.39, 0.29) is 16.7 Å². The van der Waals surface area contributed by atoms with Crippen LogP contribution in [0.25, 0.3) is 0 Å². The van der Waals surface area contributed by atoms with Crippen LogP contribution in [0.15, 0.2) is 77.0 Å². The van der Waals surface area contributed by atoms with Gasteiger partial charge in [-0.1, -0.05) is 6.58 Å². The average Bonchev–Trinajstić information content (AvgIpc) is 3.56. The van der Waals surface area contributed by atoms with Gasteiger partial charge in [-0.25, -0.2) is 18.1 Å². The summed E-state index contributed by atoms with van der Waals surface area (Å²) in [5, 5.41) is 12.9. The third-order valence-electron chi connectivity index (χ3n) is 5.31. The molecule has 1 saturated carbocycles. The number of aryl methyl sites for hydroxylation is 1. The molecular weight excluding hydrogens is 426 g/mol. The number of phenolic OH excluding ortho intramolecular Hbond substituents is 1. The number of nitrogens with one attached hydrogen (secondary N) is 2. The minimum atomic E-state index is -3.49. The fourth-order valence-electron chi connectivity index (χ4n) is 3.63. The molecule has 0 spiro atoms. The quantitative estimate of drug-likeness (QED) is 0.378. The molecule has 168 valence electrons. The van der Waals surface area contributed by atoms with Crippen LogP contribution in [0.5, 0.6) is 5.75 Å². The molecule has 4 rings (SSSR count). The van der Waals surface area contributed by atoms with Gasteiger partial charge in [0.15, 0.2) is 0 Å². The molecule has 32 heavy (non-hydrogen) atoms. The first-order valence-corrected chi connectivity index (χ1v) is 12.0. The molecule has 0 atom stereocenters. The molecule has 0 unspecified atom stereocenters. The van der Waals surface area contributed by atoms with Gasteiger partial charge in [0.1, 0.15) is 17.4 Å². The van der Waals surface area contributed by atoms with Gasteiger partial charge in [-0.05, 0) is 86.0 Å². The Bertz CT molecular complexity index is 1170. The zero-order valence-corrected chi connectivity index (χ0v) is 18.5. The van der Waals surface area contributed by atoms with Crippen molar-refractivity contribution in [2.45, 2.75) is 36.6 Å². The summed E-state index contributed by atoms with van der Waals surface area (Å²) in [6.45, 7) is 4.74. The second-order valence-electron chi connectivity index (χ2n) is 7.89. The van der Waals surface area contributed by atoms with Crippen molar-refractivity contribution in [2.75, 3.05) is 16.8 Å². The number of nitrogens with zero attached hydrogens (tertiary/aromatic N) is 2. The number of sulfonamides is 1. The molecule has 8 nitrogen and oxygen atoms in total. The van der Waals surface area contributed by atoms with Gasteiger partial charge in [0.05, 0.1) is 4.90 Å². The molecule has 0 radical (unpaired) electrons. The molecule has 1 heterocycles. The van der Waals surface area contributed by atoms with Crippen LogP contribution in [0.4, 0.5) is 11.4 Å². The molecule has 9 heteroatoms. The summed E-state index contributed by atoms with van der Waals surface area (Å²) >= 11 is 0. The van der Waals surface area contributed by atoms with E-state index >= 15 is 0 Å². The molecule has 2 aliphatic rings. The number of aliphatic imine (C=N–C) groups is 1. The second-order valence-corrected chi connectivity index (χ2v) is 9.60. The molecule has 2 aromatic rings. The van der Waals surface area contributed by atoms with E-state index in [4.69, 9.17) is 5.73 Å². The highest BCUT2D eigenvalue weighted by atomic mass is 32.2. The normalized spacial score (nSPS) is 16.8. The zero-order chi connectivity index (χ0) is 22.7. The Hall–Kier alpha value is -3.30. The SMILES string of the molecule is C=C(N=C(/C=C\N)N1CCCc2cc(O)ccc21)Nc1ccc(S(=O)(=O)NC2CC2)cc1. The first kappa shape index (κ1) is 21.9. The van der Waals surface area contributed by atoms with Crippen molar-refractivity contribution in [3.05, 3.63) is 72.7 Å². The minimum absolute atomic E-state index is 0.0600. The molecule has 2 aromatic carbocycles. The molecular formula is C23H27N5O3S. The van der Waals surface area contributed by atoms with Crippen LogP contribution in [0, 0.1) is 0 Å². The summed E-state index contributed by atoms with van der Waals surface area (Å²) in [5.74, 6) is 1.24. The highest BCUT2D eigenvalue weighted by Crippen LogP contribution is 2.31. The van der Waals surface area contributed by atoms with Crippen LogP contribution >= 0.6 is 0 Å². The lowest BCUT2D eigenvalue weighted by atomic mass is 10.0. The van der Waals surface area contributed by atoms with Crippen molar-refractivity contribution in [3.63, 3.8) is 0 Å². The van der Waals surface area contributed by atoms with E-state index in [2.05, 4.69) is 21.6 Å². The highest BCUT2D eigenvalue weighted by Gasteiger charge is 2.27. The summed E-state index contributed by atoms with van der Waals surface area (Å²) in [6.07, 6.45) is 6.70. The number of phenols is 1. The van der Waals surface area contributed by atoms with Crippen molar-refractivity contribution in [2.24, 2.45) is 10.7 Å². The van der Waals surface area contributed by atoms with Gasteiger partial charge in [-0.3, -0.25) is 0 Å². The number of benzene rings is 2. The summed E-state index contributed by atoms with van der Waals surface area (Å²) in [5.41, 5.74) is 8.35. The van der Waals surface area contributed by atoms with Crippen molar-refractivity contribution in [1.82, 2.24) is 4.72 Å². The maximum Gasteiger partial charge on any atom is 0.240 e. The number of hydrogen-bond acceptors (Lipinski definition) is 6. The van der Waals surface area contributed by atoms with Crippen molar-refractivity contribution in [1.29, 1.82) is 0 Å². The number of fused-ring (bicyclic) bond motifs is 1.